The van der Waals surface area contributed by atoms with E-state index in [-0.39, 0.29) is 29.5 Å². The summed E-state index contributed by atoms with van der Waals surface area (Å²) in [6, 6.07) is 0.252. The maximum atomic E-state index is 15.4. The number of amides is 1. The number of hydrogen-bond donors (Lipinski definition) is 0. The summed E-state index contributed by atoms with van der Waals surface area (Å²) in [4.78, 5) is 18.6. The molecule has 2 aliphatic heterocycles. The molecule has 4 aliphatic rings. The van der Waals surface area contributed by atoms with Crippen LogP contribution in [0.5, 0.6) is 0 Å². The molecule has 2 aromatic heterocycles. The van der Waals surface area contributed by atoms with Crippen molar-refractivity contribution in [2.75, 3.05) is 19.7 Å². The van der Waals surface area contributed by atoms with Crippen molar-refractivity contribution >= 4 is 28.6 Å². The number of likely N-dealkylation sites (tertiary alicyclic amines) is 1. The van der Waals surface area contributed by atoms with Crippen LogP contribution in [0.4, 0.5) is 9.18 Å². The minimum atomic E-state index is -0.519. The molecular weight excluding hydrogens is 473 g/mol. The zero-order valence-corrected chi connectivity index (χ0v) is 21.3. The van der Waals surface area contributed by atoms with Gasteiger partial charge in [-0.05, 0) is 76.2 Å². The van der Waals surface area contributed by atoms with Gasteiger partial charge in [-0.1, -0.05) is 11.6 Å². The van der Waals surface area contributed by atoms with Gasteiger partial charge in [-0.3, -0.25) is 0 Å². The summed E-state index contributed by atoms with van der Waals surface area (Å²) >= 11 is 6.13. The molecule has 0 bridgehead atoms. The molecular formula is C26H33ClFN3O4. The molecule has 4 fully saturated rings. The molecule has 0 N–H and O–H groups in total. The molecule has 4 heterocycles. The van der Waals surface area contributed by atoms with E-state index in [1.54, 1.807) is 11.1 Å². The molecule has 9 heteroatoms. The van der Waals surface area contributed by atoms with Crippen molar-refractivity contribution in [2.45, 2.75) is 83.3 Å². The van der Waals surface area contributed by atoms with Crippen molar-refractivity contribution in [1.82, 2.24) is 14.5 Å². The van der Waals surface area contributed by atoms with E-state index in [2.05, 4.69) is 9.55 Å². The Hall–Kier alpha value is -1.90. The Kier molecular flexibility index (Phi) is 5.77. The van der Waals surface area contributed by atoms with E-state index in [1.165, 1.54) is 0 Å². The first-order valence-electron chi connectivity index (χ1n) is 12.8. The van der Waals surface area contributed by atoms with Gasteiger partial charge in [0.25, 0.3) is 0 Å². The smallest absolute Gasteiger partial charge is 0.410 e. The summed E-state index contributed by atoms with van der Waals surface area (Å²) in [5.74, 6) is 0.427. The van der Waals surface area contributed by atoms with E-state index in [9.17, 15) is 4.79 Å². The summed E-state index contributed by atoms with van der Waals surface area (Å²) in [6.07, 6.45) is 6.28. The van der Waals surface area contributed by atoms with Crippen molar-refractivity contribution in [3.05, 3.63) is 28.4 Å². The fraction of sp³-hybridized carbons (Fsp3) is 0.692. The fourth-order valence-corrected chi connectivity index (χ4v) is 6.15. The molecule has 3 atom stereocenters. The van der Waals surface area contributed by atoms with Gasteiger partial charge in [0.05, 0.1) is 12.1 Å². The molecule has 0 radical (unpaired) electrons. The number of ether oxygens (including phenoxy) is 3. The highest BCUT2D eigenvalue weighted by molar-refractivity contribution is 6.30. The predicted molar refractivity (Wildman–Crippen MR) is 129 cm³/mol. The lowest BCUT2D eigenvalue weighted by Gasteiger charge is -2.26. The van der Waals surface area contributed by atoms with Crippen LogP contribution < -0.4 is 0 Å². The number of hydrogen-bond acceptors (Lipinski definition) is 5. The first kappa shape index (κ1) is 23.5. The molecule has 7 nitrogen and oxygen atoms in total. The average molecular weight is 506 g/mol. The van der Waals surface area contributed by atoms with Crippen LogP contribution in [0.2, 0.25) is 5.15 Å². The minimum Gasteiger partial charge on any atom is -0.444 e. The third kappa shape index (κ3) is 4.31. The Labute approximate surface area is 209 Å². The summed E-state index contributed by atoms with van der Waals surface area (Å²) in [5, 5.41) is 0.726. The van der Waals surface area contributed by atoms with Crippen LogP contribution in [0, 0.1) is 17.7 Å². The van der Waals surface area contributed by atoms with Crippen LogP contribution in [0.15, 0.2) is 6.20 Å². The number of halogens is 2. The van der Waals surface area contributed by atoms with Gasteiger partial charge in [-0.15, -0.1) is 0 Å². The molecule has 0 aromatic carbocycles. The summed E-state index contributed by atoms with van der Waals surface area (Å²) in [5.41, 5.74) is 2.15. The highest BCUT2D eigenvalue weighted by Crippen LogP contribution is 2.61. The maximum absolute atomic E-state index is 15.4. The van der Waals surface area contributed by atoms with Gasteiger partial charge >= 0.3 is 6.09 Å². The molecule has 2 saturated carbocycles. The molecule has 2 saturated heterocycles. The van der Waals surface area contributed by atoms with Crippen LogP contribution in [0.1, 0.15) is 76.1 Å². The predicted octanol–water partition coefficient (Wildman–Crippen LogP) is 5.79. The van der Waals surface area contributed by atoms with Gasteiger partial charge in [0.15, 0.2) is 17.3 Å². The van der Waals surface area contributed by atoms with Crippen LogP contribution in [-0.4, -0.2) is 52.1 Å². The summed E-state index contributed by atoms with van der Waals surface area (Å²) in [7, 11) is 0. The lowest BCUT2D eigenvalue weighted by atomic mass is 10.0. The van der Waals surface area contributed by atoms with Crippen molar-refractivity contribution in [1.29, 1.82) is 0 Å². The zero-order chi connectivity index (χ0) is 24.5. The fourth-order valence-electron chi connectivity index (χ4n) is 6.01. The number of aromatic nitrogens is 2. The Balaban J connectivity index is 1.32. The van der Waals surface area contributed by atoms with Crippen LogP contribution >= 0.6 is 11.6 Å². The number of piperidine rings is 1. The van der Waals surface area contributed by atoms with Gasteiger partial charge in [0, 0.05) is 43.0 Å². The van der Waals surface area contributed by atoms with E-state index in [1.807, 2.05) is 20.8 Å². The highest BCUT2D eigenvalue weighted by Gasteiger charge is 2.59. The van der Waals surface area contributed by atoms with Crippen LogP contribution in [0.3, 0.4) is 0 Å². The number of rotatable bonds is 5. The Morgan fingerprint density at radius 2 is 1.97 bits per heavy atom. The molecule has 2 aliphatic carbocycles. The number of nitrogens with zero attached hydrogens (tertiary/aromatic N) is 3. The second-order valence-electron chi connectivity index (χ2n) is 11.4. The maximum Gasteiger partial charge on any atom is 0.410 e. The first-order chi connectivity index (χ1) is 16.7. The third-order valence-electron chi connectivity index (χ3n) is 7.72. The average Bonchev–Trinajstić information content (AvgIpc) is 3.69. The topological polar surface area (TPSA) is 65.8 Å². The Bertz CT molecular complexity index is 1140. The van der Waals surface area contributed by atoms with Gasteiger partial charge in [0.2, 0.25) is 0 Å². The van der Waals surface area contributed by atoms with E-state index < -0.39 is 11.4 Å². The van der Waals surface area contributed by atoms with E-state index in [0.717, 1.165) is 48.7 Å². The van der Waals surface area contributed by atoms with Crippen LogP contribution in [0.25, 0.3) is 10.9 Å². The molecule has 190 valence electrons. The standard InChI is InChI=1S/C26H33ClFN3O4/c1-26(2,3)35-25(32)30-11-16-17(12-30)20(16)21-15-10-29-24(27)22(28)23(15)31(14-7-8-14)18(21)13-34-19-6-4-5-9-33-19/h10,14,16-17,19-20H,4-9,11-13H2,1-3H3. The quantitative estimate of drug-likeness (QED) is 0.481. The Morgan fingerprint density at radius 3 is 2.60 bits per heavy atom. The second-order valence-corrected chi connectivity index (χ2v) is 11.8. The number of fused-ring (bicyclic) bond motifs is 2. The zero-order valence-electron chi connectivity index (χ0n) is 20.6. The molecule has 3 unspecified atom stereocenters. The van der Waals surface area contributed by atoms with Crippen LogP contribution in [-0.2, 0) is 20.8 Å². The van der Waals surface area contributed by atoms with Gasteiger partial charge in [-0.2, -0.15) is 0 Å². The normalized spacial score (nSPS) is 28.4. The number of pyridine rings is 1. The second kappa shape index (κ2) is 8.60. The van der Waals surface area contributed by atoms with Gasteiger partial charge in [0.1, 0.15) is 5.60 Å². The van der Waals surface area contributed by atoms with E-state index in [0.29, 0.717) is 43.7 Å². The minimum absolute atomic E-state index is 0.0985. The summed E-state index contributed by atoms with van der Waals surface area (Å²) in [6.45, 7) is 8.02. The number of carbonyl (C=O) groups excluding carboxylic acids is 1. The SMILES string of the molecule is CC(C)(C)OC(=O)N1CC2C(C1)C2c1c(COC2CCCCO2)n(C2CC2)c2c(F)c(Cl)ncc12. The molecule has 6 rings (SSSR count). The highest BCUT2D eigenvalue weighted by atomic mass is 35.5. The van der Waals surface area contributed by atoms with Crippen molar-refractivity contribution < 1.29 is 23.4 Å². The lowest BCUT2D eigenvalue weighted by molar-refractivity contribution is -0.169. The molecule has 1 amide bonds. The third-order valence-corrected chi connectivity index (χ3v) is 7.98. The molecule has 35 heavy (non-hydrogen) atoms. The van der Waals surface area contributed by atoms with E-state index >= 15 is 4.39 Å². The Morgan fingerprint density at radius 1 is 1.23 bits per heavy atom. The molecule has 0 spiro atoms. The summed E-state index contributed by atoms with van der Waals surface area (Å²) < 4.78 is 35.1. The first-order valence-corrected chi connectivity index (χ1v) is 13.2. The van der Waals surface area contributed by atoms with Crippen molar-refractivity contribution in [2.24, 2.45) is 11.8 Å². The monoisotopic (exact) mass is 505 g/mol. The van der Waals surface area contributed by atoms with E-state index in [4.69, 9.17) is 25.8 Å². The number of carbonyl (C=O) groups is 1. The lowest BCUT2D eigenvalue weighted by Crippen LogP contribution is -2.36. The van der Waals surface area contributed by atoms with Gasteiger partial charge in [-0.25, -0.2) is 14.2 Å². The van der Waals surface area contributed by atoms with Crippen molar-refractivity contribution in [3.8, 4) is 0 Å². The van der Waals surface area contributed by atoms with Crippen molar-refractivity contribution in [3.63, 3.8) is 0 Å². The van der Waals surface area contributed by atoms with Gasteiger partial charge < -0.3 is 23.7 Å². The largest absolute Gasteiger partial charge is 0.444 e. The molecule has 2 aromatic rings.